The summed E-state index contributed by atoms with van der Waals surface area (Å²) in [5, 5.41) is 2.99. The molecule has 3 heterocycles. The number of amides is 1. The Kier molecular flexibility index (Phi) is 4.43. The fourth-order valence-electron chi connectivity index (χ4n) is 3.23. The normalized spacial score (nSPS) is 16.9. The molecule has 8 nitrogen and oxygen atoms in total. The zero-order valence-electron chi connectivity index (χ0n) is 14.5. The molecular formula is C17H21N5O3. The molecule has 0 radical (unpaired) electrons. The molecule has 1 aliphatic heterocycles. The number of likely N-dealkylation sites (tertiary alicyclic amines) is 1. The third-order valence-electron chi connectivity index (χ3n) is 4.68. The Labute approximate surface area is 144 Å². The number of nitrogens with zero attached hydrogens (tertiary/aromatic N) is 4. The van der Waals surface area contributed by atoms with Crippen LogP contribution in [-0.4, -0.2) is 38.5 Å². The van der Waals surface area contributed by atoms with E-state index in [1.807, 2.05) is 12.1 Å². The maximum Gasteiger partial charge on any atom is 0.331 e. The van der Waals surface area contributed by atoms with Crippen molar-refractivity contribution in [1.82, 2.24) is 19.0 Å². The quantitative estimate of drug-likeness (QED) is 0.876. The van der Waals surface area contributed by atoms with Gasteiger partial charge in [0.25, 0.3) is 11.5 Å². The van der Waals surface area contributed by atoms with Gasteiger partial charge in [0.2, 0.25) is 0 Å². The van der Waals surface area contributed by atoms with E-state index in [-0.39, 0.29) is 17.6 Å². The van der Waals surface area contributed by atoms with E-state index in [1.165, 1.54) is 24.7 Å². The summed E-state index contributed by atoms with van der Waals surface area (Å²) in [6, 6.07) is 4.94. The molecule has 8 heteroatoms. The number of nitrogens with one attached hydrogen (secondary N) is 1. The zero-order valence-corrected chi connectivity index (χ0v) is 14.5. The smallest absolute Gasteiger partial charge is 0.331 e. The van der Waals surface area contributed by atoms with Crippen LogP contribution in [0.25, 0.3) is 0 Å². The average molecular weight is 343 g/mol. The Bertz CT molecular complexity index is 931. The molecule has 1 atom stereocenters. The van der Waals surface area contributed by atoms with Gasteiger partial charge in [0, 0.05) is 40.0 Å². The highest BCUT2D eigenvalue weighted by molar-refractivity contribution is 5.93. The highest BCUT2D eigenvalue weighted by Crippen LogP contribution is 2.33. The van der Waals surface area contributed by atoms with E-state index in [4.69, 9.17) is 0 Å². The summed E-state index contributed by atoms with van der Waals surface area (Å²) in [5.74, 6) is 0.431. The van der Waals surface area contributed by atoms with Crippen LogP contribution in [0.15, 0.2) is 34.0 Å². The van der Waals surface area contributed by atoms with E-state index in [0.29, 0.717) is 6.54 Å². The second kappa shape index (κ2) is 6.54. The van der Waals surface area contributed by atoms with Gasteiger partial charge in [-0.15, -0.1) is 0 Å². The molecule has 0 spiro atoms. The third kappa shape index (κ3) is 2.95. The fourth-order valence-corrected chi connectivity index (χ4v) is 3.23. The number of aromatic nitrogens is 3. The van der Waals surface area contributed by atoms with E-state index in [1.54, 1.807) is 18.1 Å². The first-order valence-electron chi connectivity index (χ1n) is 8.15. The first-order chi connectivity index (χ1) is 11.9. The second-order valence-electron chi connectivity index (χ2n) is 6.15. The molecule has 25 heavy (non-hydrogen) atoms. The first kappa shape index (κ1) is 16.9. The molecule has 1 aliphatic rings. The Morgan fingerprint density at radius 1 is 1.24 bits per heavy atom. The van der Waals surface area contributed by atoms with Crippen molar-refractivity contribution in [3.63, 3.8) is 0 Å². The maximum absolute atomic E-state index is 13.0. The number of anilines is 1. The third-order valence-corrected chi connectivity index (χ3v) is 4.68. The van der Waals surface area contributed by atoms with Crippen LogP contribution in [0.2, 0.25) is 0 Å². The van der Waals surface area contributed by atoms with Crippen molar-refractivity contribution < 1.29 is 4.79 Å². The lowest BCUT2D eigenvalue weighted by Gasteiger charge is -2.26. The Hall–Kier alpha value is -2.90. The molecule has 0 aliphatic carbocycles. The summed E-state index contributed by atoms with van der Waals surface area (Å²) in [5.41, 5.74) is 0.110. The lowest BCUT2D eigenvalue weighted by atomic mass is 10.1. The number of carbonyl (C=O) groups excluding carboxylic acids is 1. The Morgan fingerprint density at radius 2 is 2.00 bits per heavy atom. The number of pyridine rings is 1. The van der Waals surface area contributed by atoms with Crippen LogP contribution < -0.4 is 16.6 Å². The van der Waals surface area contributed by atoms with Crippen LogP contribution in [0.5, 0.6) is 0 Å². The topological polar surface area (TPSA) is 89.2 Å². The summed E-state index contributed by atoms with van der Waals surface area (Å²) in [7, 11) is 4.69. The van der Waals surface area contributed by atoms with Crippen LogP contribution in [0.3, 0.4) is 0 Å². The zero-order chi connectivity index (χ0) is 18.1. The van der Waals surface area contributed by atoms with E-state index in [9.17, 15) is 14.4 Å². The van der Waals surface area contributed by atoms with Crippen molar-refractivity contribution in [3.05, 3.63) is 56.5 Å². The Balaban J connectivity index is 1.99. The summed E-state index contributed by atoms with van der Waals surface area (Å²) in [6.45, 7) is 0.587. The molecule has 1 amide bonds. The molecule has 1 saturated heterocycles. The van der Waals surface area contributed by atoms with Gasteiger partial charge in [-0.2, -0.15) is 0 Å². The molecule has 3 rings (SSSR count). The highest BCUT2D eigenvalue weighted by atomic mass is 16.2. The minimum atomic E-state index is -0.507. The summed E-state index contributed by atoms with van der Waals surface area (Å²) >= 11 is 0. The molecule has 2 aromatic heterocycles. The molecule has 132 valence electrons. The van der Waals surface area contributed by atoms with Gasteiger partial charge in [-0.05, 0) is 30.5 Å². The van der Waals surface area contributed by atoms with Crippen molar-refractivity contribution in [2.75, 3.05) is 18.9 Å². The lowest BCUT2D eigenvalue weighted by molar-refractivity contribution is 0.0723. The van der Waals surface area contributed by atoms with E-state index in [2.05, 4.69) is 10.3 Å². The predicted molar refractivity (Wildman–Crippen MR) is 93.7 cm³/mol. The van der Waals surface area contributed by atoms with Crippen molar-refractivity contribution >= 4 is 11.7 Å². The number of hydrogen-bond acceptors (Lipinski definition) is 5. The standard InChI is InChI=1S/C17H21N5O3/c1-18-14-9-11(6-7-19-14)12-5-4-8-22(12)16(24)13-10-15(23)21(3)17(25)20(13)2/h6-7,9-10,12H,4-5,8H2,1-3H3,(H,18,19)/t12-/m1/s1. The van der Waals surface area contributed by atoms with Crippen molar-refractivity contribution in [1.29, 1.82) is 0 Å². The number of hydrogen-bond donors (Lipinski definition) is 1. The van der Waals surface area contributed by atoms with Crippen LogP contribution in [0.4, 0.5) is 5.82 Å². The number of rotatable bonds is 3. The largest absolute Gasteiger partial charge is 0.373 e. The molecular weight excluding hydrogens is 322 g/mol. The lowest BCUT2D eigenvalue weighted by Crippen LogP contribution is -2.42. The van der Waals surface area contributed by atoms with E-state index in [0.717, 1.165) is 28.8 Å². The monoisotopic (exact) mass is 343 g/mol. The van der Waals surface area contributed by atoms with Crippen LogP contribution in [0, 0.1) is 0 Å². The van der Waals surface area contributed by atoms with Gasteiger partial charge >= 0.3 is 5.69 Å². The van der Waals surface area contributed by atoms with Gasteiger partial charge in [-0.1, -0.05) is 0 Å². The number of carbonyl (C=O) groups is 1. The molecule has 0 bridgehead atoms. The highest BCUT2D eigenvalue weighted by Gasteiger charge is 2.32. The Morgan fingerprint density at radius 3 is 2.72 bits per heavy atom. The fraction of sp³-hybridized carbons (Fsp3) is 0.412. The van der Waals surface area contributed by atoms with Gasteiger partial charge < -0.3 is 10.2 Å². The molecule has 0 saturated carbocycles. The van der Waals surface area contributed by atoms with Crippen LogP contribution in [-0.2, 0) is 14.1 Å². The summed E-state index contributed by atoms with van der Waals surface area (Å²) < 4.78 is 2.21. The van der Waals surface area contributed by atoms with E-state index >= 15 is 0 Å². The summed E-state index contributed by atoms with van der Waals surface area (Å²) in [6.07, 6.45) is 3.40. The SMILES string of the molecule is CNc1cc([C@H]2CCCN2C(=O)c2cc(=O)n(C)c(=O)n2C)ccn1. The maximum atomic E-state index is 13.0. The van der Waals surface area contributed by atoms with Gasteiger partial charge in [0.15, 0.2) is 0 Å². The van der Waals surface area contributed by atoms with Crippen molar-refractivity contribution in [3.8, 4) is 0 Å². The average Bonchev–Trinajstić information content (AvgIpc) is 3.12. The molecule has 0 aromatic carbocycles. The van der Waals surface area contributed by atoms with Crippen molar-refractivity contribution in [2.24, 2.45) is 14.1 Å². The van der Waals surface area contributed by atoms with Crippen molar-refractivity contribution in [2.45, 2.75) is 18.9 Å². The molecule has 1 N–H and O–H groups in total. The predicted octanol–water partition coefficient (Wildman–Crippen LogP) is 0.498. The van der Waals surface area contributed by atoms with E-state index < -0.39 is 11.2 Å². The van der Waals surface area contributed by atoms with Gasteiger partial charge in [-0.3, -0.25) is 18.7 Å². The van der Waals surface area contributed by atoms with Crippen LogP contribution in [0.1, 0.15) is 34.9 Å². The second-order valence-corrected chi connectivity index (χ2v) is 6.15. The minimum Gasteiger partial charge on any atom is -0.373 e. The first-order valence-corrected chi connectivity index (χ1v) is 8.15. The van der Waals surface area contributed by atoms with Gasteiger partial charge in [0.05, 0.1) is 6.04 Å². The molecule has 1 fully saturated rings. The molecule has 2 aromatic rings. The molecule has 0 unspecified atom stereocenters. The minimum absolute atomic E-state index is 0.0956. The summed E-state index contributed by atoms with van der Waals surface area (Å²) in [4.78, 5) is 43.0. The van der Waals surface area contributed by atoms with Gasteiger partial charge in [-0.25, -0.2) is 9.78 Å². The van der Waals surface area contributed by atoms with Gasteiger partial charge in [0.1, 0.15) is 11.5 Å². The van der Waals surface area contributed by atoms with Crippen LogP contribution >= 0.6 is 0 Å².